The fraction of sp³-hybridized carbons (Fsp3) is 0.650. The normalized spacial score (nSPS) is 24.3. The van der Waals surface area contributed by atoms with Crippen molar-refractivity contribution < 1.29 is 14.3 Å². The number of benzene rings is 1. The van der Waals surface area contributed by atoms with Crippen molar-refractivity contribution in [3.05, 3.63) is 23.3 Å². The van der Waals surface area contributed by atoms with Crippen LogP contribution in [0, 0.1) is 11.3 Å². The van der Waals surface area contributed by atoms with Crippen molar-refractivity contribution in [1.82, 2.24) is 4.90 Å². The van der Waals surface area contributed by atoms with Gasteiger partial charge < -0.3 is 9.47 Å². The van der Waals surface area contributed by atoms with Gasteiger partial charge in [-0.2, -0.15) is 0 Å². The molecule has 1 fully saturated rings. The lowest BCUT2D eigenvalue weighted by Crippen LogP contribution is -2.47. The van der Waals surface area contributed by atoms with Crippen LogP contribution in [0.25, 0.3) is 0 Å². The number of ether oxygens (including phenoxy) is 2. The first-order valence-corrected chi connectivity index (χ1v) is 8.84. The first kappa shape index (κ1) is 17.3. The van der Waals surface area contributed by atoms with Gasteiger partial charge in [-0.15, -0.1) is 0 Å². The van der Waals surface area contributed by atoms with Gasteiger partial charge in [-0.3, -0.25) is 9.69 Å². The molecule has 3 rings (SSSR count). The average molecular weight is 331 g/mol. The van der Waals surface area contributed by atoms with E-state index in [2.05, 4.69) is 37.8 Å². The van der Waals surface area contributed by atoms with Crippen molar-refractivity contribution in [2.45, 2.75) is 46.1 Å². The molecule has 0 aromatic heterocycles. The van der Waals surface area contributed by atoms with E-state index in [4.69, 9.17) is 9.47 Å². The molecule has 1 aromatic carbocycles. The van der Waals surface area contributed by atoms with E-state index in [1.165, 1.54) is 11.1 Å². The zero-order valence-electron chi connectivity index (χ0n) is 15.5. The van der Waals surface area contributed by atoms with Gasteiger partial charge in [-0.05, 0) is 41.5 Å². The molecular formula is C20H29NO3. The number of piperidine rings is 1. The summed E-state index contributed by atoms with van der Waals surface area (Å²) in [6.45, 7) is 8.55. The van der Waals surface area contributed by atoms with E-state index in [1.807, 2.05) is 0 Å². The van der Waals surface area contributed by atoms with Crippen LogP contribution in [0.2, 0.25) is 0 Å². The van der Waals surface area contributed by atoms with E-state index in [9.17, 15) is 4.79 Å². The Balaban J connectivity index is 1.87. The summed E-state index contributed by atoms with van der Waals surface area (Å²) in [6.07, 6.45) is 2.58. The average Bonchev–Trinajstić information content (AvgIpc) is 2.53. The molecule has 2 aliphatic heterocycles. The van der Waals surface area contributed by atoms with Gasteiger partial charge in [0.2, 0.25) is 0 Å². The molecule has 1 aromatic rings. The van der Waals surface area contributed by atoms with E-state index in [0.717, 1.165) is 37.4 Å². The van der Waals surface area contributed by atoms with Crippen LogP contribution in [0.5, 0.6) is 11.5 Å². The predicted molar refractivity (Wildman–Crippen MR) is 94.8 cm³/mol. The molecule has 0 unspecified atom stereocenters. The predicted octanol–water partition coefficient (Wildman–Crippen LogP) is 3.63. The van der Waals surface area contributed by atoms with Gasteiger partial charge in [-0.25, -0.2) is 0 Å². The van der Waals surface area contributed by atoms with Gasteiger partial charge in [-0.1, -0.05) is 20.8 Å². The zero-order chi connectivity index (χ0) is 17.5. The van der Waals surface area contributed by atoms with Crippen LogP contribution in [0.4, 0.5) is 0 Å². The number of rotatable bonds is 3. The summed E-state index contributed by atoms with van der Waals surface area (Å²) in [5.74, 6) is 2.11. The van der Waals surface area contributed by atoms with Crippen LogP contribution >= 0.6 is 0 Å². The molecule has 2 heterocycles. The van der Waals surface area contributed by atoms with Crippen LogP contribution in [0.1, 0.15) is 50.8 Å². The highest BCUT2D eigenvalue weighted by Crippen LogP contribution is 2.43. The third kappa shape index (κ3) is 3.30. The molecule has 2 aliphatic rings. The number of nitrogens with zero attached hydrogens (tertiary/aromatic N) is 1. The Morgan fingerprint density at radius 1 is 1.17 bits per heavy atom. The Morgan fingerprint density at radius 2 is 1.83 bits per heavy atom. The first-order chi connectivity index (χ1) is 11.3. The quantitative estimate of drug-likeness (QED) is 0.848. The minimum Gasteiger partial charge on any atom is -0.493 e. The van der Waals surface area contributed by atoms with Crippen molar-refractivity contribution in [1.29, 1.82) is 0 Å². The smallest absolute Gasteiger partial charge is 0.161 e. The number of Topliss-reactive ketones (excluding diaryl/α,β-unsaturated/α-hetero) is 1. The Bertz CT molecular complexity index is 633. The maximum atomic E-state index is 12.7. The maximum Gasteiger partial charge on any atom is 0.161 e. The van der Waals surface area contributed by atoms with E-state index >= 15 is 0 Å². The van der Waals surface area contributed by atoms with E-state index in [1.54, 1.807) is 14.2 Å². The van der Waals surface area contributed by atoms with Gasteiger partial charge in [0.1, 0.15) is 5.78 Å². The summed E-state index contributed by atoms with van der Waals surface area (Å²) in [5.41, 5.74) is 2.72. The van der Waals surface area contributed by atoms with E-state index < -0.39 is 0 Å². The molecule has 4 nitrogen and oxygen atoms in total. The molecule has 0 radical (unpaired) electrons. The van der Waals surface area contributed by atoms with E-state index in [-0.39, 0.29) is 17.4 Å². The number of methoxy groups -OCH3 is 2. The number of carbonyl (C=O) groups is 1. The number of carbonyl (C=O) groups excluding carboxylic acids is 1. The number of ketones is 1. The maximum absolute atomic E-state index is 12.7. The summed E-state index contributed by atoms with van der Waals surface area (Å²) in [4.78, 5) is 15.2. The summed E-state index contributed by atoms with van der Waals surface area (Å²) < 4.78 is 10.9. The second-order valence-electron chi connectivity index (χ2n) is 8.30. The monoisotopic (exact) mass is 331 g/mol. The molecule has 132 valence electrons. The Kier molecular flexibility index (Phi) is 4.60. The van der Waals surface area contributed by atoms with Gasteiger partial charge >= 0.3 is 0 Å². The van der Waals surface area contributed by atoms with Crippen LogP contribution in [-0.4, -0.2) is 38.0 Å². The second-order valence-corrected chi connectivity index (χ2v) is 8.30. The highest BCUT2D eigenvalue weighted by Gasteiger charge is 2.39. The van der Waals surface area contributed by atoms with Crippen LogP contribution in [0.3, 0.4) is 0 Å². The molecule has 4 heteroatoms. The Morgan fingerprint density at radius 3 is 2.46 bits per heavy atom. The lowest BCUT2D eigenvalue weighted by Gasteiger charge is -2.44. The molecule has 2 atom stereocenters. The molecule has 0 saturated carbocycles. The molecule has 1 saturated heterocycles. The molecule has 0 bridgehead atoms. The molecule has 0 amide bonds. The standard InChI is InChI=1S/C20H29NO3/c1-20(2,3)11-14-12-21-7-6-13-8-18(23-4)19(24-5)9-15(13)16(21)10-17(14)22/h8-9,14,16H,6-7,10-12H2,1-5H3/t14-,16-/m1/s1. The summed E-state index contributed by atoms with van der Waals surface area (Å²) >= 11 is 0. The zero-order valence-corrected chi connectivity index (χ0v) is 15.5. The molecular weight excluding hydrogens is 302 g/mol. The fourth-order valence-corrected chi connectivity index (χ4v) is 4.20. The minimum atomic E-state index is 0.169. The minimum absolute atomic E-state index is 0.169. The molecule has 0 aliphatic carbocycles. The SMILES string of the molecule is COc1cc2c(cc1OC)[C@H]1CC(=O)[C@H](CC(C)(C)C)CN1CC2. The van der Waals surface area contributed by atoms with E-state index in [0.29, 0.717) is 12.2 Å². The third-order valence-corrected chi connectivity index (χ3v) is 5.28. The van der Waals surface area contributed by atoms with Crippen LogP contribution < -0.4 is 9.47 Å². The summed E-state index contributed by atoms with van der Waals surface area (Å²) in [7, 11) is 3.33. The van der Waals surface area contributed by atoms with Gasteiger partial charge in [0.15, 0.2) is 11.5 Å². The van der Waals surface area contributed by atoms with Gasteiger partial charge in [0.05, 0.1) is 14.2 Å². The topological polar surface area (TPSA) is 38.8 Å². The lowest BCUT2D eigenvalue weighted by molar-refractivity contribution is -0.130. The van der Waals surface area contributed by atoms with Crippen LogP contribution in [0.15, 0.2) is 12.1 Å². The van der Waals surface area contributed by atoms with Crippen LogP contribution in [-0.2, 0) is 11.2 Å². The Labute approximate surface area is 145 Å². The second kappa shape index (κ2) is 6.40. The number of hydrogen-bond donors (Lipinski definition) is 0. The Hall–Kier alpha value is -1.55. The highest BCUT2D eigenvalue weighted by molar-refractivity contribution is 5.83. The van der Waals surface area contributed by atoms with Gasteiger partial charge in [0.25, 0.3) is 0 Å². The van der Waals surface area contributed by atoms with Crippen molar-refractivity contribution in [3.8, 4) is 11.5 Å². The molecule has 0 N–H and O–H groups in total. The number of fused-ring (bicyclic) bond motifs is 3. The third-order valence-electron chi connectivity index (χ3n) is 5.28. The summed E-state index contributed by atoms with van der Waals surface area (Å²) in [5, 5.41) is 0. The molecule has 24 heavy (non-hydrogen) atoms. The fourth-order valence-electron chi connectivity index (χ4n) is 4.20. The largest absolute Gasteiger partial charge is 0.493 e. The highest BCUT2D eigenvalue weighted by atomic mass is 16.5. The van der Waals surface area contributed by atoms with Crippen molar-refractivity contribution in [2.75, 3.05) is 27.3 Å². The first-order valence-electron chi connectivity index (χ1n) is 8.84. The van der Waals surface area contributed by atoms with Gasteiger partial charge in [0, 0.05) is 31.5 Å². The van der Waals surface area contributed by atoms with Crippen molar-refractivity contribution in [2.24, 2.45) is 11.3 Å². The molecule has 0 spiro atoms. The van der Waals surface area contributed by atoms with Crippen molar-refractivity contribution in [3.63, 3.8) is 0 Å². The number of hydrogen-bond acceptors (Lipinski definition) is 4. The van der Waals surface area contributed by atoms with Crippen molar-refractivity contribution >= 4 is 5.78 Å². The summed E-state index contributed by atoms with van der Waals surface area (Å²) in [6, 6.07) is 4.34. The lowest BCUT2D eigenvalue weighted by atomic mass is 9.76.